The number of hydrogen-bond acceptors (Lipinski definition) is 7. The molecule has 4 aromatic rings. The number of fused-ring (bicyclic) bond motifs is 1. The van der Waals surface area contributed by atoms with Gasteiger partial charge in [0.25, 0.3) is 0 Å². The summed E-state index contributed by atoms with van der Waals surface area (Å²) in [5.41, 5.74) is 3.39. The van der Waals surface area contributed by atoms with Crippen LogP contribution in [0, 0.1) is 18.3 Å². The van der Waals surface area contributed by atoms with Gasteiger partial charge in [-0.25, -0.2) is 9.59 Å². The van der Waals surface area contributed by atoms with Gasteiger partial charge in [0, 0.05) is 40.5 Å². The summed E-state index contributed by atoms with van der Waals surface area (Å²) in [5.74, 6) is -1.64. The third-order valence-corrected chi connectivity index (χ3v) is 7.49. The summed E-state index contributed by atoms with van der Waals surface area (Å²) in [6.45, 7) is 5.97. The van der Waals surface area contributed by atoms with E-state index in [-0.39, 0.29) is 35.6 Å². The highest BCUT2D eigenvalue weighted by Gasteiger charge is 2.28. The van der Waals surface area contributed by atoms with Gasteiger partial charge in [-0.2, -0.15) is 5.26 Å². The fourth-order valence-electron chi connectivity index (χ4n) is 4.43. The normalized spacial score (nSPS) is 11.3. The number of hydrogen-bond donors (Lipinski definition) is 0. The largest absolute Gasteiger partial charge is 0.462 e. The van der Waals surface area contributed by atoms with Crippen LogP contribution in [0.25, 0.3) is 17.0 Å². The topological polar surface area (TPSA) is 98.4 Å². The number of thiophene rings is 1. The van der Waals surface area contributed by atoms with Gasteiger partial charge in [-0.15, -0.1) is 11.3 Å². The summed E-state index contributed by atoms with van der Waals surface area (Å²) in [4.78, 5) is 39.2. The number of benzene rings is 2. The van der Waals surface area contributed by atoms with Crippen molar-refractivity contribution < 1.29 is 23.9 Å². The van der Waals surface area contributed by atoms with Crippen LogP contribution in [0.15, 0.2) is 66.4 Å². The number of nitrogens with zero attached hydrogens (tertiary/aromatic N) is 2. The van der Waals surface area contributed by atoms with Gasteiger partial charge in [0.05, 0.1) is 24.4 Å². The van der Waals surface area contributed by atoms with Crippen molar-refractivity contribution in [1.82, 2.24) is 4.57 Å². The molecule has 2 heterocycles. The van der Waals surface area contributed by atoms with Crippen molar-refractivity contribution in [1.29, 1.82) is 5.26 Å². The molecular formula is C31H28N2O5S. The third-order valence-electron chi connectivity index (χ3n) is 6.22. The Morgan fingerprint density at radius 3 is 2.33 bits per heavy atom. The van der Waals surface area contributed by atoms with Gasteiger partial charge in [-0.3, -0.25) is 4.79 Å². The fraction of sp³-hybridized carbons (Fsp3) is 0.226. The maximum Gasteiger partial charge on any atom is 0.348 e. The zero-order chi connectivity index (χ0) is 27.9. The summed E-state index contributed by atoms with van der Waals surface area (Å²) in [6.07, 6.45) is 3.30. The van der Waals surface area contributed by atoms with E-state index in [1.54, 1.807) is 26.8 Å². The molecule has 0 saturated carbocycles. The number of para-hydroxylation sites is 1. The molecule has 7 nitrogen and oxygen atoms in total. The number of ketones is 1. The Labute approximate surface area is 230 Å². The summed E-state index contributed by atoms with van der Waals surface area (Å²) in [7, 11) is 0. The molecule has 198 valence electrons. The van der Waals surface area contributed by atoms with E-state index in [0.29, 0.717) is 17.0 Å². The highest BCUT2D eigenvalue weighted by Crippen LogP contribution is 2.31. The van der Waals surface area contributed by atoms with Crippen molar-refractivity contribution in [2.24, 2.45) is 0 Å². The van der Waals surface area contributed by atoms with E-state index in [0.717, 1.165) is 33.4 Å². The van der Waals surface area contributed by atoms with Crippen molar-refractivity contribution in [3.63, 3.8) is 0 Å². The van der Waals surface area contributed by atoms with Crippen molar-refractivity contribution in [3.8, 4) is 6.07 Å². The van der Waals surface area contributed by atoms with Crippen LogP contribution in [0.1, 0.15) is 55.4 Å². The number of allylic oxidation sites excluding steroid dienone is 1. The minimum absolute atomic E-state index is 0.0452. The molecule has 0 fully saturated rings. The lowest BCUT2D eigenvalue weighted by molar-refractivity contribution is -0.114. The molecule has 0 radical (unpaired) electrons. The molecule has 4 rings (SSSR count). The Morgan fingerprint density at radius 1 is 0.974 bits per heavy atom. The zero-order valence-electron chi connectivity index (χ0n) is 22.0. The fourth-order valence-corrected chi connectivity index (χ4v) is 5.62. The molecule has 8 heteroatoms. The average molecular weight is 541 g/mol. The number of aromatic nitrogens is 1. The first kappa shape index (κ1) is 27.6. The molecule has 0 spiro atoms. The quantitative estimate of drug-likeness (QED) is 0.136. The minimum Gasteiger partial charge on any atom is -0.462 e. The van der Waals surface area contributed by atoms with E-state index in [2.05, 4.69) is 4.57 Å². The molecule has 0 N–H and O–H groups in total. The van der Waals surface area contributed by atoms with Crippen LogP contribution < -0.4 is 0 Å². The Balaban J connectivity index is 1.70. The Morgan fingerprint density at radius 2 is 1.64 bits per heavy atom. The highest BCUT2D eigenvalue weighted by atomic mass is 32.1. The van der Waals surface area contributed by atoms with Crippen molar-refractivity contribution in [2.45, 2.75) is 33.7 Å². The van der Waals surface area contributed by atoms with Crippen LogP contribution in [-0.2, 0) is 27.2 Å². The number of carbonyl (C=O) groups is 3. The van der Waals surface area contributed by atoms with Gasteiger partial charge in [0.1, 0.15) is 10.9 Å². The Hall–Kier alpha value is -4.48. The van der Waals surface area contributed by atoms with E-state index in [1.165, 1.54) is 0 Å². The highest BCUT2D eigenvalue weighted by molar-refractivity contribution is 7.14. The molecule has 2 aromatic carbocycles. The number of nitriles is 1. The molecule has 0 aliphatic rings. The van der Waals surface area contributed by atoms with Crippen LogP contribution in [-0.4, -0.2) is 35.5 Å². The standard InChI is InChI=1S/C31H28N2O5S/c1-4-37-30(35)28-20(3)29(31(36)38-5-2)39-27(28)16-26(34)22(17-32)15-23-19-33(18-21-11-7-6-8-12-21)25-14-10-9-13-24(23)25/h6-15,19H,4-5,16,18H2,1-3H3. The van der Waals surface area contributed by atoms with Gasteiger partial charge in [-0.1, -0.05) is 48.5 Å². The van der Waals surface area contributed by atoms with Crippen LogP contribution >= 0.6 is 11.3 Å². The number of carbonyl (C=O) groups excluding carboxylic acids is 3. The molecule has 0 amide bonds. The van der Waals surface area contributed by atoms with Gasteiger partial charge >= 0.3 is 11.9 Å². The van der Waals surface area contributed by atoms with Crippen LogP contribution in [0.4, 0.5) is 0 Å². The van der Waals surface area contributed by atoms with Crippen LogP contribution in [0.2, 0.25) is 0 Å². The van der Waals surface area contributed by atoms with Gasteiger partial charge in [0.15, 0.2) is 5.78 Å². The number of esters is 2. The molecule has 0 atom stereocenters. The SMILES string of the molecule is CCOC(=O)c1sc(CC(=O)C(C#N)=Cc2cn(Cc3ccccc3)c3ccccc23)c(C(=O)OCC)c1C. The van der Waals surface area contributed by atoms with Gasteiger partial charge < -0.3 is 14.0 Å². The third kappa shape index (κ3) is 6.00. The molecular weight excluding hydrogens is 512 g/mol. The first-order valence-corrected chi connectivity index (χ1v) is 13.4. The van der Waals surface area contributed by atoms with Crippen molar-refractivity contribution in [3.05, 3.63) is 98.4 Å². The summed E-state index contributed by atoms with van der Waals surface area (Å²) in [5, 5.41) is 10.8. The van der Waals surface area contributed by atoms with Gasteiger partial charge in [0.2, 0.25) is 0 Å². The number of Topliss-reactive ketones (excluding diaryl/α,β-unsaturated/α-hetero) is 1. The summed E-state index contributed by atoms with van der Waals surface area (Å²) in [6, 6.07) is 19.9. The molecule has 0 aliphatic carbocycles. The van der Waals surface area contributed by atoms with E-state index >= 15 is 0 Å². The second-order valence-corrected chi connectivity index (χ2v) is 9.89. The monoisotopic (exact) mass is 540 g/mol. The van der Waals surface area contributed by atoms with Crippen molar-refractivity contribution in [2.75, 3.05) is 13.2 Å². The maximum absolute atomic E-state index is 13.4. The summed E-state index contributed by atoms with van der Waals surface area (Å²) >= 11 is 1.02. The first-order valence-electron chi connectivity index (χ1n) is 12.6. The zero-order valence-corrected chi connectivity index (χ0v) is 22.8. The van der Waals surface area contributed by atoms with E-state index < -0.39 is 17.7 Å². The van der Waals surface area contributed by atoms with E-state index in [4.69, 9.17) is 9.47 Å². The van der Waals surface area contributed by atoms with E-state index in [9.17, 15) is 19.6 Å². The molecule has 0 unspecified atom stereocenters. The lowest BCUT2D eigenvalue weighted by Crippen LogP contribution is -2.12. The smallest absolute Gasteiger partial charge is 0.348 e. The molecule has 2 aromatic heterocycles. The van der Waals surface area contributed by atoms with E-state index in [1.807, 2.05) is 66.9 Å². The molecule has 0 bridgehead atoms. The van der Waals surface area contributed by atoms with Gasteiger partial charge in [-0.05, 0) is 44.0 Å². The second-order valence-electron chi connectivity index (χ2n) is 8.78. The first-order chi connectivity index (χ1) is 18.9. The summed E-state index contributed by atoms with van der Waals surface area (Å²) < 4.78 is 12.4. The maximum atomic E-state index is 13.4. The lowest BCUT2D eigenvalue weighted by atomic mass is 10.0. The predicted molar refractivity (Wildman–Crippen MR) is 151 cm³/mol. The molecule has 39 heavy (non-hydrogen) atoms. The average Bonchev–Trinajstić information content (AvgIpc) is 3.44. The number of rotatable bonds is 10. The molecule has 0 saturated heterocycles. The Kier molecular flexibility index (Phi) is 8.74. The lowest BCUT2D eigenvalue weighted by Gasteiger charge is -2.05. The second kappa shape index (κ2) is 12.4. The molecule has 0 aliphatic heterocycles. The Bertz CT molecular complexity index is 1610. The van der Waals surface area contributed by atoms with Crippen LogP contribution in [0.3, 0.4) is 0 Å². The predicted octanol–water partition coefficient (Wildman–Crippen LogP) is 6.13. The number of ether oxygens (including phenoxy) is 2. The minimum atomic E-state index is -0.615. The van der Waals surface area contributed by atoms with Crippen LogP contribution in [0.5, 0.6) is 0 Å². The van der Waals surface area contributed by atoms with Crippen molar-refractivity contribution >= 4 is 46.0 Å².